The van der Waals surface area contributed by atoms with Crippen LogP contribution in [0.15, 0.2) is 36.9 Å². The molecular weight excluding hydrogens is 404 g/mol. The summed E-state index contributed by atoms with van der Waals surface area (Å²) in [4.78, 5) is 19.0. The second kappa shape index (κ2) is 7.31. The molecule has 4 heterocycles. The van der Waals surface area contributed by atoms with Gasteiger partial charge in [-0.1, -0.05) is 24.8 Å². The summed E-state index contributed by atoms with van der Waals surface area (Å²) in [5.74, 6) is 2.29. The Bertz CT molecular complexity index is 1280. The quantitative estimate of drug-likeness (QED) is 0.593. The highest BCUT2D eigenvalue weighted by molar-refractivity contribution is 5.93. The maximum Gasteiger partial charge on any atom is 0.338 e. The zero-order valence-corrected chi connectivity index (χ0v) is 18.1. The number of nitrogens with zero attached hydrogens (tertiary/aromatic N) is 4. The molecule has 0 radical (unpaired) electrons. The summed E-state index contributed by atoms with van der Waals surface area (Å²) in [6, 6.07) is 10.2. The van der Waals surface area contributed by atoms with Crippen LogP contribution in [-0.4, -0.2) is 38.7 Å². The molecule has 0 fully saturated rings. The minimum Gasteiger partial charge on any atom is -0.489 e. The fraction of sp³-hybridized carbons (Fsp3) is 0.320. The number of hydrogen-bond donors (Lipinski definition) is 0. The molecule has 6 rings (SSSR count). The number of cyclic esters (lactones) is 1. The van der Waals surface area contributed by atoms with Gasteiger partial charge in [-0.05, 0) is 36.6 Å². The number of rotatable bonds is 4. The number of carbonyl (C=O) groups excluding carboxylic acids is 1. The summed E-state index contributed by atoms with van der Waals surface area (Å²) >= 11 is 0. The first-order chi connectivity index (χ1) is 15.6. The lowest BCUT2D eigenvalue weighted by Crippen LogP contribution is -2.35. The molecule has 3 aromatic rings. The lowest BCUT2D eigenvalue weighted by Gasteiger charge is -2.26. The Labute approximate surface area is 186 Å². The highest BCUT2D eigenvalue weighted by Gasteiger charge is 2.25. The standard InChI is InChI=1S/C25H24N4O3/c1-15-17(3-6-21-22(15)14-32-25(21)30)7-8-28-9-10-29-23(12-28)26-24(27-29)18-4-5-20-16(2)31-13-19(20)11-18/h3-6,11H,2,7-10,12-14H2,1H3. The zero-order valence-electron chi connectivity index (χ0n) is 18.1. The second-order valence-corrected chi connectivity index (χ2v) is 8.64. The Morgan fingerprint density at radius 1 is 1.09 bits per heavy atom. The van der Waals surface area contributed by atoms with E-state index in [0.717, 1.165) is 72.3 Å². The smallest absolute Gasteiger partial charge is 0.338 e. The van der Waals surface area contributed by atoms with E-state index in [1.165, 1.54) is 11.1 Å². The van der Waals surface area contributed by atoms with Gasteiger partial charge in [0, 0.05) is 35.3 Å². The lowest BCUT2D eigenvalue weighted by molar-refractivity contribution is 0.0535. The topological polar surface area (TPSA) is 69.5 Å². The average molecular weight is 428 g/mol. The second-order valence-electron chi connectivity index (χ2n) is 8.64. The van der Waals surface area contributed by atoms with Crippen LogP contribution in [0.3, 0.4) is 0 Å². The number of esters is 1. The zero-order chi connectivity index (χ0) is 21.8. The van der Waals surface area contributed by atoms with Gasteiger partial charge >= 0.3 is 5.97 Å². The molecule has 0 N–H and O–H groups in total. The monoisotopic (exact) mass is 428 g/mol. The summed E-state index contributed by atoms with van der Waals surface area (Å²) in [5.41, 5.74) is 7.43. The Morgan fingerprint density at radius 2 is 1.97 bits per heavy atom. The van der Waals surface area contributed by atoms with Crippen molar-refractivity contribution in [3.8, 4) is 11.4 Å². The van der Waals surface area contributed by atoms with Gasteiger partial charge in [-0.15, -0.1) is 0 Å². The van der Waals surface area contributed by atoms with Crippen molar-refractivity contribution in [1.29, 1.82) is 0 Å². The lowest BCUT2D eigenvalue weighted by atomic mass is 9.96. The molecule has 7 heteroatoms. The van der Waals surface area contributed by atoms with Crippen LogP contribution in [0.5, 0.6) is 0 Å². The van der Waals surface area contributed by atoms with Gasteiger partial charge in [-0.25, -0.2) is 14.5 Å². The number of carbonyl (C=O) groups is 1. The minimum absolute atomic E-state index is 0.207. The van der Waals surface area contributed by atoms with Crippen molar-refractivity contribution < 1.29 is 14.3 Å². The molecule has 3 aliphatic rings. The fourth-order valence-corrected chi connectivity index (χ4v) is 4.81. The first-order valence-electron chi connectivity index (χ1n) is 11.0. The molecule has 0 saturated carbocycles. The van der Waals surface area contributed by atoms with Crippen LogP contribution in [0.25, 0.3) is 17.1 Å². The van der Waals surface area contributed by atoms with E-state index in [9.17, 15) is 4.79 Å². The van der Waals surface area contributed by atoms with Gasteiger partial charge in [0.15, 0.2) is 5.82 Å². The van der Waals surface area contributed by atoms with Gasteiger partial charge in [0.05, 0.1) is 18.7 Å². The molecule has 0 aliphatic carbocycles. The summed E-state index contributed by atoms with van der Waals surface area (Å²) in [7, 11) is 0. The molecule has 0 saturated heterocycles. The minimum atomic E-state index is -0.207. The SMILES string of the molecule is C=C1OCc2cc(-c3nc4n(n3)CCN(CCc3ccc5c(c3C)COC5=O)C4)ccc21. The van der Waals surface area contributed by atoms with Gasteiger partial charge in [0.25, 0.3) is 0 Å². The van der Waals surface area contributed by atoms with Crippen LogP contribution in [0.1, 0.15) is 44.0 Å². The van der Waals surface area contributed by atoms with Crippen molar-refractivity contribution in [3.63, 3.8) is 0 Å². The maximum absolute atomic E-state index is 11.8. The van der Waals surface area contributed by atoms with Gasteiger partial charge in [0.2, 0.25) is 0 Å². The number of benzene rings is 2. The molecule has 0 bridgehead atoms. The number of fused-ring (bicyclic) bond motifs is 3. The summed E-state index contributed by atoms with van der Waals surface area (Å²) in [6.07, 6.45) is 0.934. The van der Waals surface area contributed by atoms with E-state index in [1.54, 1.807) is 0 Å². The third-order valence-corrected chi connectivity index (χ3v) is 6.78. The van der Waals surface area contributed by atoms with E-state index in [1.807, 2.05) is 22.9 Å². The van der Waals surface area contributed by atoms with Crippen molar-refractivity contribution in [2.45, 2.75) is 39.6 Å². The number of ether oxygens (including phenoxy) is 2. The van der Waals surface area contributed by atoms with E-state index in [-0.39, 0.29) is 5.97 Å². The Morgan fingerprint density at radius 3 is 2.88 bits per heavy atom. The van der Waals surface area contributed by atoms with E-state index in [2.05, 4.69) is 30.5 Å². The molecule has 7 nitrogen and oxygen atoms in total. The van der Waals surface area contributed by atoms with E-state index in [4.69, 9.17) is 19.6 Å². The van der Waals surface area contributed by atoms with Crippen molar-refractivity contribution in [2.75, 3.05) is 13.1 Å². The third-order valence-electron chi connectivity index (χ3n) is 6.78. The van der Waals surface area contributed by atoms with Gasteiger partial charge in [-0.2, -0.15) is 5.10 Å². The van der Waals surface area contributed by atoms with Crippen LogP contribution >= 0.6 is 0 Å². The highest BCUT2D eigenvalue weighted by Crippen LogP contribution is 2.31. The van der Waals surface area contributed by atoms with E-state index in [0.29, 0.717) is 18.8 Å². The van der Waals surface area contributed by atoms with Crippen molar-refractivity contribution >= 4 is 11.7 Å². The molecule has 0 amide bonds. The molecule has 0 spiro atoms. The summed E-state index contributed by atoms with van der Waals surface area (Å²) < 4.78 is 12.7. The molecule has 0 unspecified atom stereocenters. The Hall–Kier alpha value is -3.45. The van der Waals surface area contributed by atoms with Crippen LogP contribution in [0.4, 0.5) is 0 Å². The largest absolute Gasteiger partial charge is 0.489 e. The maximum atomic E-state index is 11.8. The molecule has 2 aromatic carbocycles. The fourth-order valence-electron chi connectivity index (χ4n) is 4.81. The third kappa shape index (κ3) is 3.12. The van der Waals surface area contributed by atoms with Crippen molar-refractivity contribution in [2.24, 2.45) is 0 Å². The highest BCUT2D eigenvalue weighted by atomic mass is 16.5. The van der Waals surface area contributed by atoms with Crippen LogP contribution in [-0.2, 0) is 42.2 Å². The summed E-state index contributed by atoms with van der Waals surface area (Å²) in [6.45, 7) is 10.5. The molecule has 32 heavy (non-hydrogen) atoms. The van der Waals surface area contributed by atoms with Gasteiger partial charge in [-0.3, -0.25) is 4.90 Å². The first-order valence-corrected chi connectivity index (χ1v) is 11.0. The number of aromatic nitrogens is 3. The Kier molecular flexibility index (Phi) is 4.40. The predicted molar refractivity (Wildman–Crippen MR) is 119 cm³/mol. The average Bonchev–Trinajstić information content (AvgIpc) is 3.50. The van der Waals surface area contributed by atoms with Crippen LogP contribution in [0.2, 0.25) is 0 Å². The molecule has 3 aliphatic heterocycles. The predicted octanol–water partition coefficient (Wildman–Crippen LogP) is 3.48. The molecule has 1 aromatic heterocycles. The van der Waals surface area contributed by atoms with Crippen LogP contribution in [0, 0.1) is 6.92 Å². The first kappa shape index (κ1) is 19.3. The Balaban J connectivity index is 1.16. The van der Waals surface area contributed by atoms with Crippen LogP contribution < -0.4 is 0 Å². The normalized spacial score (nSPS) is 17.0. The number of hydrogen-bond acceptors (Lipinski definition) is 6. The molecule has 162 valence electrons. The van der Waals surface area contributed by atoms with E-state index >= 15 is 0 Å². The van der Waals surface area contributed by atoms with Gasteiger partial charge in [0.1, 0.15) is 24.8 Å². The van der Waals surface area contributed by atoms with E-state index < -0.39 is 0 Å². The molecular formula is C25H24N4O3. The van der Waals surface area contributed by atoms with Crippen molar-refractivity contribution in [3.05, 3.63) is 76.1 Å². The van der Waals surface area contributed by atoms with Crippen molar-refractivity contribution in [1.82, 2.24) is 19.7 Å². The van der Waals surface area contributed by atoms with Gasteiger partial charge < -0.3 is 9.47 Å². The molecule has 0 atom stereocenters. The summed E-state index contributed by atoms with van der Waals surface area (Å²) in [5, 5.41) is 4.75.